The number of aromatic nitrogens is 1. The number of benzene rings is 1. The number of halogens is 2. The van der Waals surface area contributed by atoms with Crippen molar-refractivity contribution in [1.82, 2.24) is 4.98 Å². The molecule has 102 valence electrons. The van der Waals surface area contributed by atoms with Gasteiger partial charge in [0.15, 0.2) is 0 Å². The normalized spacial score (nSPS) is 13.4. The fourth-order valence-corrected chi connectivity index (χ4v) is 2.20. The van der Waals surface area contributed by atoms with Crippen LogP contribution in [0, 0.1) is 0 Å². The van der Waals surface area contributed by atoms with Gasteiger partial charge in [0.25, 0.3) is 0 Å². The summed E-state index contributed by atoms with van der Waals surface area (Å²) in [4.78, 5) is 4.17. The van der Waals surface area contributed by atoms with E-state index < -0.39 is 0 Å². The molecule has 0 radical (unpaired) electrons. The minimum atomic E-state index is 0. The SMILES string of the molecule is CC(N)C(Cc1ccc(Cl)cc1)c1cccnc1.Cl. The molecule has 1 aromatic heterocycles. The molecule has 2 atom stereocenters. The minimum Gasteiger partial charge on any atom is -0.327 e. The molecule has 0 aliphatic heterocycles. The van der Waals surface area contributed by atoms with Gasteiger partial charge in [0, 0.05) is 29.4 Å². The average Bonchev–Trinajstić information content (AvgIpc) is 2.38. The van der Waals surface area contributed by atoms with E-state index in [4.69, 9.17) is 17.3 Å². The highest BCUT2D eigenvalue weighted by molar-refractivity contribution is 6.30. The van der Waals surface area contributed by atoms with E-state index in [1.165, 1.54) is 11.1 Å². The minimum absolute atomic E-state index is 0. The van der Waals surface area contributed by atoms with E-state index in [9.17, 15) is 0 Å². The summed E-state index contributed by atoms with van der Waals surface area (Å²) in [5.74, 6) is 0.278. The first-order valence-electron chi connectivity index (χ1n) is 6.07. The summed E-state index contributed by atoms with van der Waals surface area (Å²) in [5, 5.41) is 0.762. The number of rotatable bonds is 4. The molecule has 0 saturated carbocycles. The van der Waals surface area contributed by atoms with Gasteiger partial charge in [-0.2, -0.15) is 0 Å². The molecular formula is C15H18Cl2N2. The first-order chi connectivity index (χ1) is 8.66. The lowest BCUT2D eigenvalue weighted by molar-refractivity contribution is 0.563. The second kappa shape index (κ2) is 7.49. The molecule has 0 fully saturated rings. The highest BCUT2D eigenvalue weighted by atomic mass is 35.5. The lowest BCUT2D eigenvalue weighted by atomic mass is 9.88. The Morgan fingerprint density at radius 1 is 1.21 bits per heavy atom. The highest BCUT2D eigenvalue weighted by Gasteiger charge is 2.16. The predicted molar refractivity (Wildman–Crippen MR) is 83.0 cm³/mol. The van der Waals surface area contributed by atoms with Crippen molar-refractivity contribution in [3.05, 3.63) is 64.9 Å². The van der Waals surface area contributed by atoms with E-state index >= 15 is 0 Å². The number of nitrogens with zero attached hydrogens (tertiary/aromatic N) is 1. The Labute approximate surface area is 125 Å². The van der Waals surface area contributed by atoms with Crippen molar-refractivity contribution in [3.63, 3.8) is 0 Å². The van der Waals surface area contributed by atoms with Crippen LogP contribution in [0.4, 0.5) is 0 Å². The molecule has 2 nitrogen and oxygen atoms in total. The topological polar surface area (TPSA) is 38.9 Å². The van der Waals surface area contributed by atoms with Gasteiger partial charge in [-0.15, -0.1) is 12.4 Å². The Balaban J connectivity index is 0.00000180. The van der Waals surface area contributed by atoms with Gasteiger partial charge in [-0.05, 0) is 42.7 Å². The van der Waals surface area contributed by atoms with Gasteiger partial charge in [-0.25, -0.2) is 0 Å². The molecule has 2 rings (SSSR count). The zero-order valence-electron chi connectivity index (χ0n) is 10.8. The van der Waals surface area contributed by atoms with Gasteiger partial charge in [0.05, 0.1) is 0 Å². The third-order valence-electron chi connectivity index (χ3n) is 3.12. The monoisotopic (exact) mass is 296 g/mol. The predicted octanol–water partition coefficient (Wildman–Crippen LogP) is 3.83. The van der Waals surface area contributed by atoms with E-state index in [2.05, 4.69) is 11.1 Å². The van der Waals surface area contributed by atoms with Crippen LogP contribution in [0.5, 0.6) is 0 Å². The standard InChI is InChI=1S/C15H17ClN2.ClH/c1-11(17)15(13-3-2-8-18-10-13)9-12-4-6-14(16)7-5-12;/h2-8,10-11,15H,9,17H2,1H3;1H. The first-order valence-corrected chi connectivity index (χ1v) is 6.44. The van der Waals surface area contributed by atoms with Crippen molar-refractivity contribution in [2.75, 3.05) is 0 Å². The zero-order chi connectivity index (χ0) is 13.0. The van der Waals surface area contributed by atoms with Crippen LogP contribution < -0.4 is 5.73 Å². The van der Waals surface area contributed by atoms with Gasteiger partial charge < -0.3 is 5.73 Å². The molecular weight excluding hydrogens is 279 g/mol. The smallest absolute Gasteiger partial charge is 0.0406 e. The Morgan fingerprint density at radius 2 is 1.89 bits per heavy atom. The zero-order valence-corrected chi connectivity index (χ0v) is 12.4. The van der Waals surface area contributed by atoms with Gasteiger partial charge >= 0.3 is 0 Å². The molecule has 1 heterocycles. The van der Waals surface area contributed by atoms with Crippen molar-refractivity contribution in [1.29, 1.82) is 0 Å². The fraction of sp³-hybridized carbons (Fsp3) is 0.267. The largest absolute Gasteiger partial charge is 0.327 e. The number of nitrogens with two attached hydrogens (primary N) is 1. The Morgan fingerprint density at radius 3 is 2.42 bits per heavy atom. The molecule has 0 bridgehead atoms. The second-order valence-electron chi connectivity index (χ2n) is 4.58. The number of pyridine rings is 1. The van der Waals surface area contributed by atoms with Crippen LogP contribution in [0.1, 0.15) is 24.0 Å². The third-order valence-corrected chi connectivity index (χ3v) is 3.37. The van der Waals surface area contributed by atoms with Crippen molar-refractivity contribution in [3.8, 4) is 0 Å². The van der Waals surface area contributed by atoms with Crippen molar-refractivity contribution in [2.24, 2.45) is 5.73 Å². The lowest BCUT2D eigenvalue weighted by Crippen LogP contribution is -2.26. The van der Waals surface area contributed by atoms with Crippen LogP contribution in [0.2, 0.25) is 5.02 Å². The summed E-state index contributed by atoms with van der Waals surface area (Å²) in [6, 6.07) is 12.0. The number of hydrogen-bond acceptors (Lipinski definition) is 2. The highest BCUT2D eigenvalue weighted by Crippen LogP contribution is 2.23. The lowest BCUT2D eigenvalue weighted by Gasteiger charge is -2.21. The van der Waals surface area contributed by atoms with Gasteiger partial charge in [-0.1, -0.05) is 29.8 Å². The van der Waals surface area contributed by atoms with E-state index in [1.54, 1.807) is 6.20 Å². The maximum atomic E-state index is 6.09. The quantitative estimate of drug-likeness (QED) is 0.931. The summed E-state index contributed by atoms with van der Waals surface area (Å²) in [6.07, 6.45) is 4.58. The summed E-state index contributed by atoms with van der Waals surface area (Å²) >= 11 is 5.89. The van der Waals surface area contributed by atoms with Crippen molar-refractivity contribution < 1.29 is 0 Å². The Bertz CT molecular complexity index is 483. The Kier molecular flexibility index (Phi) is 6.29. The molecule has 0 aliphatic carbocycles. The summed E-state index contributed by atoms with van der Waals surface area (Å²) in [6.45, 7) is 2.04. The maximum absolute atomic E-state index is 6.09. The fourth-order valence-electron chi connectivity index (χ4n) is 2.08. The molecule has 2 aromatic rings. The summed E-state index contributed by atoms with van der Waals surface area (Å²) < 4.78 is 0. The molecule has 0 spiro atoms. The molecule has 0 aliphatic rings. The van der Waals surface area contributed by atoms with E-state index in [0.717, 1.165) is 11.4 Å². The molecule has 2 N–H and O–H groups in total. The molecule has 2 unspecified atom stereocenters. The third kappa shape index (κ3) is 4.50. The average molecular weight is 297 g/mol. The van der Waals surface area contributed by atoms with Gasteiger partial charge in [0.2, 0.25) is 0 Å². The molecule has 19 heavy (non-hydrogen) atoms. The van der Waals surface area contributed by atoms with Crippen molar-refractivity contribution >= 4 is 24.0 Å². The van der Waals surface area contributed by atoms with E-state index in [-0.39, 0.29) is 24.4 Å². The van der Waals surface area contributed by atoms with E-state index in [1.807, 2.05) is 43.5 Å². The second-order valence-corrected chi connectivity index (χ2v) is 5.02. The van der Waals surface area contributed by atoms with E-state index in [0.29, 0.717) is 0 Å². The molecule has 0 saturated heterocycles. The number of hydrogen-bond donors (Lipinski definition) is 1. The van der Waals surface area contributed by atoms with Crippen LogP contribution in [0.3, 0.4) is 0 Å². The van der Waals surface area contributed by atoms with Crippen LogP contribution in [0.15, 0.2) is 48.8 Å². The van der Waals surface area contributed by atoms with Gasteiger partial charge in [0.1, 0.15) is 0 Å². The summed E-state index contributed by atoms with van der Waals surface area (Å²) in [7, 11) is 0. The van der Waals surface area contributed by atoms with Crippen molar-refractivity contribution in [2.45, 2.75) is 25.3 Å². The first kappa shape index (κ1) is 16.0. The van der Waals surface area contributed by atoms with Crippen LogP contribution >= 0.6 is 24.0 Å². The molecule has 1 aromatic carbocycles. The summed E-state index contributed by atoms with van der Waals surface area (Å²) in [5.41, 5.74) is 8.52. The molecule has 4 heteroatoms. The Hall–Kier alpha value is -1.09. The maximum Gasteiger partial charge on any atom is 0.0406 e. The van der Waals surface area contributed by atoms with Crippen LogP contribution in [-0.4, -0.2) is 11.0 Å². The van der Waals surface area contributed by atoms with Crippen LogP contribution in [0.25, 0.3) is 0 Å². The molecule has 0 amide bonds. The van der Waals surface area contributed by atoms with Gasteiger partial charge in [-0.3, -0.25) is 4.98 Å². The van der Waals surface area contributed by atoms with Crippen LogP contribution in [-0.2, 0) is 6.42 Å².